The zero-order valence-corrected chi connectivity index (χ0v) is 16.6. The minimum absolute atomic E-state index is 0.0899. The van der Waals surface area contributed by atoms with Crippen molar-refractivity contribution in [1.82, 2.24) is 20.1 Å². The number of hydrogen-bond acceptors (Lipinski definition) is 3. The van der Waals surface area contributed by atoms with E-state index in [1.54, 1.807) is 17.1 Å². The molecule has 1 N–H and O–H groups in total. The van der Waals surface area contributed by atoms with Crippen molar-refractivity contribution in [1.29, 1.82) is 0 Å². The molecule has 0 radical (unpaired) electrons. The normalized spacial score (nSPS) is 15.5. The molecule has 1 fully saturated rings. The smallest absolute Gasteiger partial charge is 0.230 e. The molecule has 0 unspecified atom stereocenters. The minimum atomic E-state index is -0.455. The lowest BCUT2D eigenvalue weighted by atomic mass is 9.78. The average molecular weight is 395 g/mol. The van der Waals surface area contributed by atoms with E-state index in [0.717, 1.165) is 48.1 Å². The highest BCUT2D eigenvalue weighted by Gasteiger charge is 2.42. The van der Waals surface area contributed by atoms with Crippen LogP contribution in [-0.2, 0) is 23.8 Å². The standard InChI is InChI=1S/C22H23ClN4O/c1-27-15-17(14-26-27)20-12-16(8-11-24-20)13-25-21(28)22(9-2-3-10-22)18-4-6-19(23)7-5-18/h4-8,11-12,14-15H,2-3,9-10,13H2,1H3,(H,25,28). The van der Waals surface area contributed by atoms with Gasteiger partial charge in [-0.25, -0.2) is 0 Å². The van der Waals surface area contributed by atoms with E-state index in [0.29, 0.717) is 11.6 Å². The molecule has 3 aromatic rings. The van der Waals surface area contributed by atoms with Gasteiger partial charge in [0.1, 0.15) is 0 Å². The maximum atomic E-state index is 13.2. The average Bonchev–Trinajstić information content (AvgIpc) is 3.37. The second kappa shape index (κ2) is 7.76. The number of aromatic nitrogens is 3. The first-order valence-electron chi connectivity index (χ1n) is 9.55. The number of aryl methyl sites for hydroxylation is 1. The van der Waals surface area contributed by atoms with Crippen LogP contribution in [0.5, 0.6) is 0 Å². The summed E-state index contributed by atoms with van der Waals surface area (Å²) in [6, 6.07) is 11.6. The van der Waals surface area contributed by atoms with Crippen LogP contribution in [0.4, 0.5) is 0 Å². The Morgan fingerprint density at radius 1 is 1.21 bits per heavy atom. The Hall–Kier alpha value is -2.66. The molecular weight excluding hydrogens is 372 g/mol. The van der Waals surface area contributed by atoms with Crippen LogP contribution in [0.25, 0.3) is 11.3 Å². The van der Waals surface area contributed by atoms with Crippen molar-refractivity contribution in [3.05, 3.63) is 71.1 Å². The highest BCUT2D eigenvalue weighted by molar-refractivity contribution is 6.30. The van der Waals surface area contributed by atoms with Crippen LogP contribution in [0.1, 0.15) is 36.8 Å². The first kappa shape index (κ1) is 18.7. The quantitative estimate of drug-likeness (QED) is 0.703. The van der Waals surface area contributed by atoms with Gasteiger partial charge in [0, 0.05) is 36.6 Å². The van der Waals surface area contributed by atoms with Gasteiger partial charge in [-0.15, -0.1) is 0 Å². The molecule has 1 saturated carbocycles. The summed E-state index contributed by atoms with van der Waals surface area (Å²) in [7, 11) is 1.88. The molecule has 144 valence electrons. The van der Waals surface area contributed by atoms with Crippen LogP contribution in [-0.4, -0.2) is 20.7 Å². The van der Waals surface area contributed by atoms with Crippen LogP contribution in [0, 0.1) is 0 Å². The predicted octanol–water partition coefficient (Wildman–Crippen LogP) is 4.26. The molecule has 2 heterocycles. The monoisotopic (exact) mass is 394 g/mol. The number of amides is 1. The summed E-state index contributed by atoms with van der Waals surface area (Å²) in [4.78, 5) is 17.6. The Bertz CT molecular complexity index is 974. The predicted molar refractivity (Wildman–Crippen MR) is 110 cm³/mol. The second-order valence-electron chi connectivity index (χ2n) is 7.43. The van der Waals surface area contributed by atoms with Crippen LogP contribution < -0.4 is 5.32 Å². The first-order chi connectivity index (χ1) is 13.6. The maximum Gasteiger partial charge on any atom is 0.230 e. The molecule has 1 amide bonds. The second-order valence-corrected chi connectivity index (χ2v) is 7.87. The Labute approximate surface area is 169 Å². The Morgan fingerprint density at radius 3 is 2.64 bits per heavy atom. The van der Waals surface area contributed by atoms with Gasteiger partial charge in [-0.3, -0.25) is 14.5 Å². The number of carbonyl (C=O) groups is 1. The van der Waals surface area contributed by atoms with Gasteiger partial charge in [-0.1, -0.05) is 36.6 Å². The third-order valence-electron chi connectivity index (χ3n) is 5.57. The summed E-state index contributed by atoms with van der Waals surface area (Å²) in [5.41, 5.74) is 3.44. The molecule has 28 heavy (non-hydrogen) atoms. The van der Waals surface area contributed by atoms with Crippen LogP contribution in [0.15, 0.2) is 55.0 Å². The number of pyridine rings is 1. The zero-order chi connectivity index (χ0) is 19.6. The van der Waals surface area contributed by atoms with Crippen molar-refractivity contribution in [3.8, 4) is 11.3 Å². The summed E-state index contributed by atoms with van der Waals surface area (Å²) in [6.07, 6.45) is 9.37. The van der Waals surface area contributed by atoms with Crippen molar-refractivity contribution < 1.29 is 4.79 Å². The van der Waals surface area contributed by atoms with Crippen molar-refractivity contribution in [3.63, 3.8) is 0 Å². The summed E-state index contributed by atoms with van der Waals surface area (Å²) >= 11 is 6.04. The number of benzene rings is 1. The van der Waals surface area contributed by atoms with E-state index in [9.17, 15) is 4.79 Å². The van der Waals surface area contributed by atoms with Gasteiger partial charge in [0.15, 0.2) is 0 Å². The largest absolute Gasteiger partial charge is 0.351 e. The first-order valence-corrected chi connectivity index (χ1v) is 9.93. The van der Waals surface area contributed by atoms with E-state index in [4.69, 9.17) is 11.6 Å². The number of rotatable bonds is 5. The molecule has 0 saturated heterocycles. The SMILES string of the molecule is Cn1cc(-c2cc(CNC(=O)C3(c4ccc(Cl)cc4)CCCC3)ccn2)cn1. The van der Waals surface area contributed by atoms with Gasteiger partial charge < -0.3 is 5.32 Å². The van der Waals surface area contributed by atoms with Gasteiger partial charge in [0.05, 0.1) is 17.3 Å². The topological polar surface area (TPSA) is 59.8 Å². The molecule has 1 aromatic carbocycles. The Morgan fingerprint density at radius 2 is 1.96 bits per heavy atom. The lowest BCUT2D eigenvalue weighted by molar-refractivity contribution is -0.126. The third kappa shape index (κ3) is 3.67. The summed E-state index contributed by atoms with van der Waals surface area (Å²) < 4.78 is 1.75. The van der Waals surface area contributed by atoms with Crippen LogP contribution in [0.3, 0.4) is 0 Å². The molecule has 2 aromatic heterocycles. The van der Waals surface area contributed by atoms with E-state index in [2.05, 4.69) is 15.4 Å². The van der Waals surface area contributed by atoms with E-state index >= 15 is 0 Å². The lowest BCUT2D eigenvalue weighted by Crippen LogP contribution is -2.42. The van der Waals surface area contributed by atoms with Crippen molar-refractivity contribution in [2.45, 2.75) is 37.6 Å². The molecule has 1 aliphatic carbocycles. The third-order valence-corrected chi connectivity index (χ3v) is 5.82. The van der Waals surface area contributed by atoms with Crippen LogP contribution in [0.2, 0.25) is 5.02 Å². The Balaban J connectivity index is 1.51. The van der Waals surface area contributed by atoms with Gasteiger partial charge in [0.25, 0.3) is 0 Å². The lowest BCUT2D eigenvalue weighted by Gasteiger charge is -2.28. The molecule has 0 atom stereocenters. The van der Waals surface area contributed by atoms with Gasteiger partial charge >= 0.3 is 0 Å². The number of hydrogen-bond donors (Lipinski definition) is 1. The highest BCUT2D eigenvalue weighted by Crippen LogP contribution is 2.41. The number of nitrogens with one attached hydrogen (secondary N) is 1. The molecular formula is C22H23ClN4O. The van der Waals surface area contributed by atoms with Crippen molar-refractivity contribution in [2.24, 2.45) is 7.05 Å². The van der Waals surface area contributed by atoms with E-state index < -0.39 is 5.41 Å². The molecule has 1 aliphatic rings. The highest BCUT2D eigenvalue weighted by atomic mass is 35.5. The molecule has 0 spiro atoms. The fraction of sp³-hybridized carbons (Fsp3) is 0.318. The summed E-state index contributed by atoms with van der Waals surface area (Å²) in [5.74, 6) is 0.0899. The molecule has 6 heteroatoms. The number of carbonyl (C=O) groups excluding carboxylic acids is 1. The Kier molecular flexibility index (Phi) is 5.18. The molecule has 4 rings (SSSR count). The zero-order valence-electron chi connectivity index (χ0n) is 15.9. The van der Waals surface area contributed by atoms with Crippen molar-refractivity contribution in [2.75, 3.05) is 0 Å². The minimum Gasteiger partial charge on any atom is -0.351 e. The van der Waals surface area contributed by atoms with Gasteiger partial charge in [-0.2, -0.15) is 5.10 Å². The molecule has 5 nitrogen and oxygen atoms in total. The fourth-order valence-electron chi connectivity index (χ4n) is 4.04. The van der Waals surface area contributed by atoms with E-state index in [1.165, 1.54) is 0 Å². The number of nitrogens with zero attached hydrogens (tertiary/aromatic N) is 3. The van der Waals surface area contributed by atoms with E-state index in [-0.39, 0.29) is 5.91 Å². The van der Waals surface area contributed by atoms with E-state index in [1.807, 2.05) is 49.6 Å². The fourth-order valence-corrected chi connectivity index (χ4v) is 4.17. The van der Waals surface area contributed by atoms with Crippen LogP contribution >= 0.6 is 11.6 Å². The van der Waals surface area contributed by atoms with Crippen molar-refractivity contribution >= 4 is 17.5 Å². The summed E-state index contributed by atoms with van der Waals surface area (Å²) in [6.45, 7) is 0.476. The summed E-state index contributed by atoms with van der Waals surface area (Å²) in [5, 5.41) is 8.05. The maximum absolute atomic E-state index is 13.2. The van der Waals surface area contributed by atoms with Gasteiger partial charge in [-0.05, 0) is 48.2 Å². The number of halogens is 1. The molecule has 0 bridgehead atoms. The van der Waals surface area contributed by atoms with Gasteiger partial charge in [0.2, 0.25) is 5.91 Å². The molecule has 0 aliphatic heterocycles.